The van der Waals surface area contributed by atoms with Crippen molar-refractivity contribution in [2.24, 2.45) is 0 Å². The molecule has 7 nitrogen and oxygen atoms in total. The van der Waals surface area contributed by atoms with Gasteiger partial charge < -0.3 is 19.2 Å². The van der Waals surface area contributed by atoms with Gasteiger partial charge in [0.15, 0.2) is 0 Å². The molecule has 0 fully saturated rings. The maximum absolute atomic E-state index is 13.2. The fourth-order valence-corrected chi connectivity index (χ4v) is 5.08. The molecule has 0 saturated heterocycles. The lowest BCUT2D eigenvalue weighted by molar-refractivity contribution is -0.122. The highest BCUT2D eigenvalue weighted by Gasteiger charge is 2.35. The Labute approximate surface area is 196 Å². The molecule has 0 saturated carbocycles. The van der Waals surface area contributed by atoms with Crippen LogP contribution in [0.15, 0.2) is 72.9 Å². The summed E-state index contributed by atoms with van der Waals surface area (Å²) in [5.41, 5.74) is 4.39. The van der Waals surface area contributed by atoms with E-state index in [4.69, 9.17) is 4.74 Å². The molecule has 0 spiro atoms. The molecule has 2 N–H and O–H groups in total. The van der Waals surface area contributed by atoms with Crippen LogP contribution in [0.1, 0.15) is 17.5 Å². The Kier molecular flexibility index (Phi) is 4.76. The van der Waals surface area contributed by atoms with Crippen molar-refractivity contribution < 1.29 is 14.3 Å². The van der Waals surface area contributed by atoms with Crippen molar-refractivity contribution in [3.05, 3.63) is 84.0 Å². The molecule has 2 aliphatic rings. The number of imide groups is 1. The van der Waals surface area contributed by atoms with Crippen molar-refractivity contribution in [2.75, 3.05) is 13.7 Å². The predicted molar refractivity (Wildman–Crippen MR) is 132 cm³/mol. The Morgan fingerprint density at radius 2 is 1.41 bits per heavy atom. The molecule has 0 radical (unpaired) electrons. The summed E-state index contributed by atoms with van der Waals surface area (Å²) in [6.45, 7) is 1.78. The molecule has 0 unspecified atom stereocenters. The average Bonchev–Trinajstić information content (AvgIpc) is 3.48. The lowest BCUT2D eigenvalue weighted by atomic mass is 9.95. The van der Waals surface area contributed by atoms with Gasteiger partial charge in [0.05, 0.1) is 17.7 Å². The average molecular weight is 453 g/mol. The van der Waals surface area contributed by atoms with E-state index in [2.05, 4.69) is 19.8 Å². The molecule has 2 aromatic carbocycles. The first-order chi connectivity index (χ1) is 16.7. The number of ether oxygens (including phenoxy) is 1. The highest BCUT2D eigenvalue weighted by atomic mass is 16.5. The first-order valence-corrected chi connectivity index (χ1v) is 11.4. The molecule has 0 aliphatic carbocycles. The SMILES string of the molecule is CN/C=C1\CCn2cc(c3ccccc32)C2=C(C(=O)NC2=O)c2cn(c3ccccc23)CCO1. The molecule has 6 rings (SSSR count). The van der Waals surface area contributed by atoms with Gasteiger partial charge in [-0.1, -0.05) is 36.4 Å². The Balaban J connectivity index is 1.67. The zero-order valence-corrected chi connectivity index (χ0v) is 18.8. The van der Waals surface area contributed by atoms with E-state index < -0.39 is 0 Å². The van der Waals surface area contributed by atoms with E-state index >= 15 is 0 Å². The number of aryl methyl sites for hydroxylation is 1. The van der Waals surface area contributed by atoms with E-state index in [-0.39, 0.29) is 11.8 Å². The van der Waals surface area contributed by atoms with E-state index in [9.17, 15) is 9.59 Å². The number of carbonyl (C=O) groups excluding carboxylic acids is 2. The van der Waals surface area contributed by atoms with Gasteiger partial charge >= 0.3 is 0 Å². The topological polar surface area (TPSA) is 77.3 Å². The minimum Gasteiger partial charge on any atom is -0.495 e. The molecule has 34 heavy (non-hydrogen) atoms. The van der Waals surface area contributed by atoms with Crippen molar-refractivity contribution in [1.29, 1.82) is 0 Å². The summed E-state index contributed by atoms with van der Waals surface area (Å²) in [7, 11) is 1.86. The number of carbonyl (C=O) groups is 2. The normalized spacial score (nSPS) is 17.6. The summed E-state index contributed by atoms with van der Waals surface area (Å²) in [6.07, 6.45) is 6.53. The number of para-hydroxylation sites is 2. The maximum atomic E-state index is 13.2. The zero-order chi connectivity index (χ0) is 23.2. The monoisotopic (exact) mass is 452 g/mol. The number of nitrogens with one attached hydrogen (secondary N) is 2. The van der Waals surface area contributed by atoms with Crippen molar-refractivity contribution in [3.63, 3.8) is 0 Å². The van der Waals surface area contributed by atoms with Crippen molar-refractivity contribution in [2.45, 2.75) is 19.5 Å². The van der Waals surface area contributed by atoms with Crippen LogP contribution in [0.4, 0.5) is 0 Å². The highest BCUT2D eigenvalue weighted by molar-refractivity contribution is 6.50. The largest absolute Gasteiger partial charge is 0.495 e. The van der Waals surface area contributed by atoms with Gasteiger partial charge in [0.25, 0.3) is 11.8 Å². The third-order valence-corrected chi connectivity index (χ3v) is 6.57. The van der Waals surface area contributed by atoms with Crippen molar-refractivity contribution >= 4 is 44.8 Å². The summed E-state index contributed by atoms with van der Waals surface area (Å²) in [4.78, 5) is 26.3. The van der Waals surface area contributed by atoms with Crippen LogP contribution in [0.5, 0.6) is 0 Å². The van der Waals surface area contributed by atoms with E-state index in [0.29, 0.717) is 37.3 Å². The van der Waals surface area contributed by atoms with Gasteiger partial charge in [0.1, 0.15) is 12.4 Å². The summed E-state index contributed by atoms with van der Waals surface area (Å²) in [5.74, 6) is 0.150. The summed E-state index contributed by atoms with van der Waals surface area (Å²) >= 11 is 0. The van der Waals surface area contributed by atoms with Crippen LogP contribution in [0.2, 0.25) is 0 Å². The predicted octanol–water partition coefficient (Wildman–Crippen LogP) is 3.64. The van der Waals surface area contributed by atoms with Gasteiger partial charge in [0, 0.05) is 71.5 Å². The Morgan fingerprint density at radius 1 is 0.853 bits per heavy atom. The fraction of sp³-hybridized carbons (Fsp3) is 0.185. The molecular formula is C27H24N4O3. The smallest absolute Gasteiger partial charge is 0.259 e. The number of amides is 2. The van der Waals surface area contributed by atoms with Crippen LogP contribution in [0.25, 0.3) is 33.0 Å². The van der Waals surface area contributed by atoms with Crippen LogP contribution in [-0.2, 0) is 27.4 Å². The fourth-order valence-electron chi connectivity index (χ4n) is 5.08. The van der Waals surface area contributed by atoms with Gasteiger partial charge in [-0.25, -0.2) is 0 Å². The van der Waals surface area contributed by atoms with Crippen LogP contribution < -0.4 is 10.6 Å². The van der Waals surface area contributed by atoms with Gasteiger partial charge in [-0.3, -0.25) is 14.9 Å². The van der Waals surface area contributed by atoms with Crippen LogP contribution in [0, 0.1) is 0 Å². The lowest BCUT2D eigenvalue weighted by Crippen LogP contribution is -2.22. The van der Waals surface area contributed by atoms with E-state index in [1.54, 1.807) is 0 Å². The number of hydrogen-bond acceptors (Lipinski definition) is 4. The summed E-state index contributed by atoms with van der Waals surface area (Å²) < 4.78 is 10.4. The molecule has 0 atom stereocenters. The quantitative estimate of drug-likeness (QED) is 0.433. The summed E-state index contributed by atoms with van der Waals surface area (Å²) in [6, 6.07) is 16.0. The molecule has 4 bridgehead atoms. The first kappa shape index (κ1) is 20.4. The molecule has 2 amide bonds. The standard InChI is InChI=1S/C27H24N4O3/c1-28-14-17-10-11-30-15-20(18-6-2-4-8-22(18)30)24-25(27(33)29-26(24)32)21-16-31(12-13-34-17)23-9-5-3-7-19(21)23/h2-9,14-16,28H,10-13H2,1H3,(H,29,32,33)/b17-14+. The molecular weight excluding hydrogens is 428 g/mol. The third kappa shape index (κ3) is 3.12. The van der Waals surface area contributed by atoms with Crippen LogP contribution in [-0.4, -0.2) is 34.6 Å². The zero-order valence-electron chi connectivity index (χ0n) is 18.8. The Bertz CT molecular complexity index is 1540. The molecule has 4 aromatic rings. The van der Waals surface area contributed by atoms with E-state index in [0.717, 1.165) is 38.7 Å². The molecule has 7 heteroatoms. The highest BCUT2D eigenvalue weighted by Crippen LogP contribution is 2.39. The third-order valence-electron chi connectivity index (χ3n) is 6.57. The molecule has 2 aromatic heterocycles. The van der Waals surface area contributed by atoms with Gasteiger partial charge in [-0.2, -0.15) is 0 Å². The molecule has 2 aliphatic heterocycles. The van der Waals surface area contributed by atoms with Gasteiger partial charge in [-0.05, 0) is 12.1 Å². The lowest BCUT2D eigenvalue weighted by Gasteiger charge is -2.13. The minimum absolute atomic E-state index is 0.356. The number of hydrogen-bond donors (Lipinski definition) is 2. The van der Waals surface area contributed by atoms with Gasteiger partial charge in [0.2, 0.25) is 0 Å². The molecule has 170 valence electrons. The van der Waals surface area contributed by atoms with Crippen molar-refractivity contribution in [1.82, 2.24) is 19.8 Å². The Hall–Kier alpha value is -4.26. The van der Waals surface area contributed by atoms with Gasteiger partial charge in [-0.15, -0.1) is 0 Å². The first-order valence-electron chi connectivity index (χ1n) is 11.4. The number of nitrogens with zero attached hydrogens (tertiary/aromatic N) is 2. The second-order valence-corrected chi connectivity index (χ2v) is 8.54. The minimum atomic E-state index is -0.359. The second kappa shape index (κ2) is 7.95. The van der Waals surface area contributed by atoms with E-state index in [1.165, 1.54) is 0 Å². The summed E-state index contributed by atoms with van der Waals surface area (Å²) in [5, 5.41) is 7.51. The van der Waals surface area contributed by atoms with Crippen molar-refractivity contribution in [3.8, 4) is 0 Å². The van der Waals surface area contributed by atoms with E-state index in [1.807, 2.05) is 74.2 Å². The number of benzene rings is 2. The molecule has 4 heterocycles. The Morgan fingerprint density at radius 3 is 2.00 bits per heavy atom. The van der Waals surface area contributed by atoms with Crippen LogP contribution in [0.3, 0.4) is 0 Å². The number of allylic oxidation sites excluding steroid dienone is 1. The second-order valence-electron chi connectivity index (χ2n) is 8.54. The van der Waals surface area contributed by atoms with Crippen LogP contribution >= 0.6 is 0 Å². The number of rotatable bonds is 1. The maximum Gasteiger partial charge on any atom is 0.259 e. The number of fused-ring (bicyclic) bond motifs is 12. The number of aromatic nitrogens is 2.